The number of thiophene rings is 1. The van der Waals surface area contributed by atoms with Gasteiger partial charge < -0.3 is 19.5 Å². The van der Waals surface area contributed by atoms with Gasteiger partial charge >= 0.3 is 0 Å². The second-order valence-corrected chi connectivity index (χ2v) is 7.18. The molecule has 0 fully saturated rings. The lowest BCUT2D eigenvalue weighted by Gasteiger charge is -2.20. The molecular weight excluding hydrogens is 368 g/mol. The molecule has 1 aromatic carbocycles. The number of benzene rings is 1. The second-order valence-electron chi connectivity index (χ2n) is 6.23. The van der Waals surface area contributed by atoms with Crippen LogP contribution >= 0.6 is 11.3 Å². The average Bonchev–Trinajstić information content (AvgIpc) is 3.37. The maximum Gasteiger partial charge on any atom is 0.278 e. The molecule has 8 heteroatoms. The predicted octanol–water partition coefficient (Wildman–Crippen LogP) is 1.68. The standard InChI is InChI=1S/C19H18N2O5S/c1-20(6-7-22)17-16(15-3-2-8-27-15)18(23)21(19(17)24)10-12-4-5-13-14(9-12)26-11-25-13/h2-5,8-9,22H,6-7,10-11H2,1H3. The summed E-state index contributed by atoms with van der Waals surface area (Å²) in [4.78, 5) is 29.7. The van der Waals surface area contributed by atoms with E-state index in [2.05, 4.69) is 0 Å². The topological polar surface area (TPSA) is 79.3 Å². The number of ether oxygens (including phenoxy) is 2. The number of carbonyl (C=O) groups is 2. The van der Waals surface area contributed by atoms with E-state index in [4.69, 9.17) is 9.47 Å². The highest BCUT2D eigenvalue weighted by Gasteiger charge is 2.41. The third-order valence-electron chi connectivity index (χ3n) is 4.51. The van der Waals surface area contributed by atoms with E-state index in [-0.39, 0.29) is 38.3 Å². The van der Waals surface area contributed by atoms with E-state index in [1.807, 2.05) is 23.6 Å². The van der Waals surface area contributed by atoms with Crippen LogP contribution in [0.2, 0.25) is 0 Å². The number of rotatable bonds is 6. The summed E-state index contributed by atoms with van der Waals surface area (Å²) in [7, 11) is 1.70. The van der Waals surface area contributed by atoms with Gasteiger partial charge in [-0.2, -0.15) is 0 Å². The molecule has 0 unspecified atom stereocenters. The lowest BCUT2D eigenvalue weighted by atomic mass is 10.1. The highest BCUT2D eigenvalue weighted by molar-refractivity contribution is 7.11. The summed E-state index contributed by atoms with van der Waals surface area (Å²) in [6.45, 7) is 0.461. The molecule has 2 aromatic rings. The zero-order chi connectivity index (χ0) is 19.0. The summed E-state index contributed by atoms with van der Waals surface area (Å²) < 4.78 is 10.7. The van der Waals surface area contributed by atoms with Crippen molar-refractivity contribution in [2.45, 2.75) is 6.54 Å². The van der Waals surface area contributed by atoms with E-state index in [0.717, 1.165) is 10.4 Å². The minimum atomic E-state index is -0.364. The van der Waals surface area contributed by atoms with Crippen molar-refractivity contribution in [3.63, 3.8) is 0 Å². The van der Waals surface area contributed by atoms with Gasteiger partial charge in [0.15, 0.2) is 11.5 Å². The highest BCUT2D eigenvalue weighted by Crippen LogP contribution is 2.36. The van der Waals surface area contributed by atoms with Crippen LogP contribution in [0, 0.1) is 0 Å². The van der Waals surface area contributed by atoms with Gasteiger partial charge in [0.25, 0.3) is 11.8 Å². The Morgan fingerprint density at radius 2 is 2.00 bits per heavy atom. The third kappa shape index (κ3) is 3.07. The van der Waals surface area contributed by atoms with Crippen LogP contribution < -0.4 is 9.47 Å². The monoisotopic (exact) mass is 386 g/mol. The van der Waals surface area contributed by atoms with Gasteiger partial charge in [-0.05, 0) is 29.1 Å². The van der Waals surface area contributed by atoms with Gasteiger partial charge in [-0.1, -0.05) is 12.1 Å². The van der Waals surface area contributed by atoms with Gasteiger partial charge in [0.2, 0.25) is 6.79 Å². The molecular formula is C19H18N2O5S. The van der Waals surface area contributed by atoms with E-state index in [1.54, 1.807) is 24.1 Å². The molecule has 3 heterocycles. The summed E-state index contributed by atoms with van der Waals surface area (Å²) >= 11 is 1.41. The summed E-state index contributed by atoms with van der Waals surface area (Å²) in [6.07, 6.45) is 0. The zero-order valence-corrected chi connectivity index (χ0v) is 15.5. The first-order chi connectivity index (χ1) is 13.1. The van der Waals surface area contributed by atoms with E-state index in [1.165, 1.54) is 16.2 Å². The summed E-state index contributed by atoms with van der Waals surface area (Å²) in [6, 6.07) is 9.03. The number of likely N-dealkylation sites (N-methyl/N-ethyl adjacent to an activating group) is 1. The molecule has 0 atom stereocenters. The maximum atomic E-state index is 13.1. The van der Waals surface area contributed by atoms with Crippen molar-refractivity contribution in [1.29, 1.82) is 0 Å². The van der Waals surface area contributed by atoms with Crippen LogP contribution in [0.1, 0.15) is 10.4 Å². The molecule has 7 nitrogen and oxygen atoms in total. The Hall–Kier alpha value is -2.84. The van der Waals surface area contributed by atoms with Crippen LogP contribution in [0.4, 0.5) is 0 Å². The first-order valence-corrected chi connectivity index (χ1v) is 9.33. The number of amides is 2. The first kappa shape index (κ1) is 17.6. The van der Waals surface area contributed by atoms with Gasteiger partial charge in [-0.25, -0.2) is 0 Å². The number of hydrogen-bond acceptors (Lipinski definition) is 7. The molecule has 0 bridgehead atoms. The molecule has 0 aliphatic carbocycles. The molecule has 0 spiro atoms. The summed E-state index contributed by atoms with van der Waals surface area (Å²) in [5.74, 6) is 0.561. The fourth-order valence-electron chi connectivity index (χ4n) is 3.19. The average molecular weight is 386 g/mol. The zero-order valence-electron chi connectivity index (χ0n) is 14.7. The highest BCUT2D eigenvalue weighted by atomic mass is 32.1. The van der Waals surface area contributed by atoms with E-state index >= 15 is 0 Å². The molecule has 1 N–H and O–H groups in total. The minimum Gasteiger partial charge on any atom is -0.454 e. The van der Waals surface area contributed by atoms with Crippen LogP contribution in [-0.2, 0) is 16.1 Å². The van der Waals surface area contributed by atoms with Crippen LogP contribution in [0.5, 0.6) is 11.5 Å². The van der Waals surface area contributed by atoms with Crippen LogP contribution in [-0.4, -0.2) is 53.7 Å². The Morgan fingerprint density at radius 1 is 1.19 bits per heavy atom. The second kappa shape index (κ2) is 7.05. The fourth-order valence-corrected chi connectivity index (χ4v) is 3.95. The van der Waals surface area contributed by atoms with Gasteiger partial charge in [0.1, 0.15) is 5.70 Å². The Balaban J connectivity index is 1.66. The Bertz CT molecular complexity index is 922. The van der Waals surface area contributed by atoms with Crippen LogP contribution in [0.3, 0.4) is 0 Å². The van der Waals surface area contributed by atoms with Crippen molar-refractivity contribution in [2.75, 3.05) is 27.0 Å². The number of aliphatic hydroxyl groups excluding tert-OH is 1. The van der Waals surface area contributed by atoms with Crippen molar-refractivity contribution in [1.82, 2.24) is 9.80 Å². The molecule has 140 valence electrons. The van der Waals surface area contributed by atoms with E-state index in [9.17, 15) is 14.7 Å². The van der Waals surface area contributed by atoms with Gasteiger partial charge in [0, 0.05) is 18.5 Å². The van der Waals surface area contributed by atoms with Crippen LogP contribution in [0.25, 0.3) is 5.57 Å². The van der Waals surface area contributed by atoms with Gasteiger partial charge in [0.05, 0.1) is 18.7 Å². The number of aliphatic hydroxyl groups is 1. The predicted molar refractivity (Wildman–Crippen MR) is 99.1 cm³/mol. The molecule has 0 saturated heterocycles. The van der Waals surface area contributed by atoms with Crippen molar-refractivity contribution in [3.8, 4) is 11.5 Å². The van der Waals surface area contributed by atoms with Crippen molar-refractivity contribution in [2.24, 2.45) is 0 Å². The quantitative estimate of drug-likeness (QED) is 0.761. The lowest BCUT2D eigenvalue weighted by Crippen LogP contribution is -2.34. The number of carbonyl (C=O) groups excluding carboxylic acids is 2. The molecule has 2 aliphatic rings. The fraction of sp³-hybridized carbons (Fsp3) is 0.263. The molecule has 1 aromatic heterocycles. The van der Waals surface area contributed by atoms with Gasteiger partial charge in [-0.3, -0.25) is 14.5 Å². The maximum absolute atomic E-state index is 13.1. The van der Waals surface area contributed by atoms with Crippen molar-refractivity contribution < 1.29 is 24.2 Å². The molecule has 2 aliphatic heterocycles. The molecule has 2 amide bonds. The summed E-state index contributed by atoms with van der Waals surface area (Å²) in [5, 5.41) is 11.1. The molecule has 0 saturated carbocycles. The molecule has 4 rings (SSSR count). The van der Waals surface area contributed by atoms with E-state index in [0.29, 0.717) is 22.8 Å². The third-order valence-corrected chi connectivity index (χ3v) is 5.39. The largest absolute Gasteiger partial charge is 0.454 e. The van der Waals surface area contributed by atoms with E-state index < -0.39 is 0 Å². The lowest BCUT2D eigenvalue weighted by molar-refractivity contribution is -0.138. The van der Waals surface area contributed by atoms with Gasteiger partial charge in [-0.15, -0.1) is 11.3 Å². The van der Waals surface area contributed by atoms with Crippen LogP contribution in [0.15, 0.2) is 41.4 Å². The number of nitrogens with zero attached hydrogens (tertiary/aromatic N) is 2. The number of fused-ring (bicyclic) bond motifs is 1. The Morgan fingerprint density at radius 3 is 2.74 bits per heavy atom. The summed E-state index contributed by atoms with van der Waals surface area (Å²) in [5.41, 5.74) is 1.47. The SMILES string of the molecule is CN(CCO)C1=C(c2cccs2)C(=O)N(Cc2ccc3c(c2)OCO3)C1=O. The first-order valence-electron chi connectivity index (χ1n) is 8.45. The number of hydrogen-bond donors (Lipinski definition) is 1. The molecule has 0 radical (unpaired) electrons. The smallest absolute Gasteiger partial charge is 0.278 e. The molecule has 27 heavy (non-hydrogen) atoms. The normalized spacial score (nSPS) is 15.9. The minimum absolute atomic E-state index is 0.110. The Labute approximate surface area is 160 Å². The van der Waals surface area contributed by atoms with Crippen molar-refractivity contribution in [3.05, 3.63) is 51.8 Å². The Kier molecular flexibility index (Phi) is 4.59. The van der Waals surface area contributed by atoms with Crippen molar-refractivity contribution >= 4 is 28.7 Å². The number of imide groups is 1.